The molecule has 134 valence electrons. The molecule has 1 aliphatic rings. The first-order chi connectivity index (χ1) is 10.2. The number of rotatable bonds is 5. The lowest BCUT2D eigenvalue weighted by Gasteiger charge is -2.40. The summed E-state index contributed by atoms with van der Waals surface area (Å²) in [4.78, 5) is 12.6. The van der Waals surface area contributed by atoms with Gasteiger partial charge in [0.15, 0.2) is 5.78 Å². The molecule has 0 heterocycles. The maximum atomic E-state index is 12.7. The third-order valence-electron chi connectivity index (χ3n) is 5.56. The SMILES string of the molecule is CCC(C)(CC(F)(F)F)/C(O)=C/C(=O)C1(C)CCC(C)(C)CC1. The molecular weight excluding hydrogens is 305 g/mol. The number of ketones is 1. The Labute approximate surface area is 137 Å². The quantitative estimate of drug-likeness (QED) is 0.496. The minimum Gasteiger partial charge on any atom is -0.512 e. The third kappa shape index (κ3) is 5.25. The zero-order valence-corrected chi connectivity index (χ0v) is 14.8. The van der Waals surface area contributed by atoms with E-state index in [4.69, 9.17) is 0 Å². The second-order valence-electron chi connectivity index (χ2n) is 8.32. The molecule has 2 nitrogen and oxygen atoms in total. The first-order valence-corrected chi connectivity index (χ1v) is 8.25. The maximum Gasteiger partial charge on any atom is 0.390 e. The van der Waals surface area contributed by atoms with E-state index in [2.05, 4.69) is 13.8 Å². The zero-order valence-electron chi connectivity index (χ0n) is 14.8. The Balaban J connectivity index is 2.93. The van der Waals surface area contributed by atoms with Gasteiger partial charge in [-0.05, 0) is 37.5 Å². The molecule has 5 heteroatoms. The van der Waals surface area contributed by atoms with E-state index >= 15 is 0 Å². The first-order valence-electron chi connectivity index (χ1n) is 8.25. The van der Waals surface area contributed by atoms with E-state index in [0.717, 1.165) is 18.9 Å². The molecule has 0 amide bonds. The summed E-state index contributed by atoms with van der Waals surface area (Å²) in [5, 5.41) is 10.2. The molecule has 1 saturated carbocycles. The predicted octanol–water partition coefficient (Wildman–Crippen LogP) is 5.97. The van der Waals surface area contributed by atoms with Crippen molar-refractivity contribution in [3.8, 4) is 0 Å². The zero-order chi connectivity index (χ0) is 18.1. The number of alkyl halides is 3. The molecule has 0 aromatic rings. The molecule has 1 rings (SSSR count). The molecule has 1 N–H and O–H groups in total. The molecule has 1 aliphatic carbocycles. The highest BCUT2D eigenvalue weighted by Crippen LogP contribution is 2.46. The van der Waals surface area contributed by atoms with Gasteiger partial charge in [0.05, 0.1) is 6.42 Å². The average molecular weight is 334 g/mol. The van der Waals surface area contributed by atoms with Crippen LogP contribution < -0.4 is 0 Å². The molecule has 0 aromatic carbocycles. The number of carbonyl (C=O) groups excluding carboxylic acids is 1. The number of hydrogen-bond donors (Lipinski definition) is 1. The highest BCUT2D eigenvalue weighted by molar-refractivity contribution is 5.95. The van der Waals surface area contributed by atoms with E-state index in [1.807, 2.05) is 6.92 Å². The fourth-order valence-corrected chi connectivity index (χ4v) is 3.04. The van der Waals surface area contributed by atoms with Crippen molar-refractivity contribution in [2.45, 2.75) is 79.3 Å². The standard InChI is InChI=1S/C18H29F3O2/c1-6-16(4,12-18(19,20)21)13(22)11-14(23)17(5)9-7-15(2,3)8-10-17/h11,22H,6-10,12H2,1-5H3/b13-11-. The van der Waals surface area contributed by atoms with Crippen molar-refractivity contribution in [2.75, 3.05) is 0 Å². The van der Waals surface area contributed by atoms with Crippen LogP contribution in [0.3, 0.4) is 0 Å². The highest BCUT2D eigenvalue weighted by atomic mass is 19.4. The second-order valence-corrected chi connectivity index (χ2v) is 8.32. The molecule has 0 saturated heterocycles. The molecule has 1 fully saturated rings. The summed E-state index contributed by atoms with van der Waals surface area (Å²) >= 11 is 0. The van der Waals surface area contributed by atoms with Crippen molar-refractivity contribution in [3.63, 3.8) is 0 Å². The van der Waals surface area contributed by atoms with E-state index in [-0.39, 0.29) is 17.6 Å². The summed E-state index contributed by atoms with van der Waals surface area (Å²) in [6.07, 6.45) is -1.14. The van der Waals surface area contributed by atoms with Gasteiger partial charge in [-0.15, -0.1) is 0 Å². The Hall–Kier alpha value is -1.00. The van der Waals surface area contributed by atoms with Crippen LogP contribution in [-0.2, 0) is 4.79 Å². The lowest BCUT2D eigenvalue weighted by atomic mass is 9.64. The van der Waals surface area contributed by atoms with Crippen molar-refractivity contribution in [1.29, 1.82) is 0 Å². The summed E-state index contributed by atoms with van der Waals surface area (Å²) in [6, 6.07) is 0. The van der Waals surface area contributed by atoms with Gasteiger partial charge >= 0.3 is 6.18 Å². The Morgan fingerprint density at radius 3 is 2.00 bits per heavy atom. The molecule has 23 heavy (non-hydrogen) atoms. The fraction of sp³-hybridized carbons (Fsp3) is 0.833. The fourth-order valence-electron chi connectivity index (χ4n) is 3.04. The van der Waals surface area contributed by atoms with Gasteiger partial charge in [0.2, 0.25) is 0 Å². The summed E-state index contributed by atoms with van der Waals surface area (Å²) in [6.45, 7) is 9.10. The van der Waals surface area contributed by atoms with Crippen LogP contribution in [0.1, 0.15) is 73.1 Å². The summed E-state index contributed by atoms with van der Waals surface area (Å²) in [5.74, 6) is -0.708. The smallest absolute Gasteiger partial charge is 0.390 e. The summed E-state index contributed by atoms with van der Waals surface area (Å²) < 4.78 is 38.2. The van der Waals surface area contributed by atoms with Crippen LogP contribution in [-0.4, -0.2) is 17.1 Å². The second kappa shape index (κ2) is 6.48. The molecule has 0 aliphatic heterocycles. The first kappa shape index (κ1) is 20.0. The van der Waals surface area contributed by atoms with E-state index in [0.29, 0.717) is 12.8 Å². The van der Waals surface area contributed by atoms with E-state index in [1.54, 1.807) is 6.92 Å². The van der Waals surface area contributed by atoms with E-state index in [9.17, 15) is 23.1 Å². The molecule has 0 spiro atoms. The van der Waals surface area contributed by atoms with Gasteiger partial charge in [0, 0.05) is 16.9 Å². The number of hydrogen-bond acceptors (Lipinski definition) is 2. The Kier molecular flexibility index (Phi) is 5.65. The van der Waals surface area contributed by atoms with Crippen LogP contribution in [0, 0.1) is 16.2 Å². The van der Waals surface area contributed by atoms with Crippen LogP contribution in [0.25, 0.3) is 0 Å². The number of halogens is 3. The van der Waals surface area contributed by atoms with Crippen LogP contribution in [0.4, 0.5) is 13.2 Å². The summed E-state index contributed by atoms with van der Waals surface area (Å²) in [5.41, 5.74) is -1.84. The average Bonchev–Trinajstić information content (AvgIpc) is 2.40. The van der Waals surface area contributed by atoms with Crippen molar-refractivity contribution >= 4 is 5.78 Å². The van der Waals surface area contributed by atoms with Crippen LogP contribution in [0.15, 0.2) is 11.8 Å². The lowest BCUT2D eigenvalue weighted by molar-refractivity contribution is -0.156. The van der Waals surface area contributed by atoms with Crippen molar-refractivity contribution in [3.05, 3.63) is 11.8 Å². The third-order valence-corrected chi connectivity index (χ3v) is 5.56. The monoisotopic (exact) mass is 334 g/mol. The molecule has 1 atom stereocenters. The Bertz CT molecular complexity index is 467. The Morgan fingerprint density at radius 1 is 1.13 bits per heavy atom. The van der Waals surface area contributed by atoms with E-state index < -0.39 is 29.2 Å². The molecule has 0 aromatic heterocycles. The van der Waals surface area contributed by atoms with Crippen LogP contribution in [0.5, 0.6) is 0 Å². The molecule has 0 radical (unpaired) electrons. The van der Waals surface area contributed by atoms with Crippen molar-refractivity contribution in [2.24, 2.45) is 16.2 Å². The van der Waals surface area contributed by atoms with Gasteiger partial charge in [-0.2, -0.15) is 13.2 Å². The number of aliphatic hydroxyl groups excluding tert-OH is 1. The van der Waals surface area contributed by atoms with Crippen LogP contribution >= 0.6 is 0 Å². The molecule has 0 bridgehead atoms. The maximum absolute atomic E-state index is 12.7. The number of allylic oxidation sites excluding steroid dienone is 2. The predicted molar refractivity (Wildman–Crippen MR) is 85.1 cm³/mol. The minimum absolute atomic E-state index is 0.117. The van der Waals surface area contributed by atoms with Crippen LogP contribution in [0.2, 0.25) is 0 Å². The van der Waals surface area contributed by atoms with Gasteiger partial charge < -0.3 is 5.11 Å². The largest absolute Gasteiger partial charge is 0.512 e. The minimum atomic E-state index is -4.38. The van der Waals surface area contributed by atoms with Gasteiger partial charge in [-0.25, -0.2) is 0 Å². The molecule has 1 unspecified atom stereocenters. The highest BCUT2D eigenvalue weighted by Gasteiger charge is 2.43. The topological polar surface area (TPSA) is 37.3 Å². The van der Waals surface area contributed by atoms with Gasteiger partial charge in [0.25, 0.3) is 0 Å². The van der Waals surface area contributed by atoms with Gasteiger partial charge in [-0.1, -0.05) is 34.6 Å². The summed E-state index contributed by atoms with van der Waals surface area (Å²) in [7, 11) is 0. The van der Waals surface area contributed by atoms with E-state index in [1.165, 1.54) is 6.92 Å². The lowest BCUT2D eigenvalue weighted by Crippen LogP contribution is -2.35. The normalized spacial score (nSPS) is 24.1. The van der Waals surface area contributed by atoms with Crippen molar-refractivity contribution in [1.82, 2.24) is 0 Å². The molecular formula is C18H29F3O2. The number of aliphatic hydroxyl groups is 1. The van der Waals surface area contributed by atoms with Crippen molar-refractivity contribution < 1.29 is 23.1 Å². The van der Waals surface area contributed by atoms with Gasteiger partial charge in [-0.3, -0.25) is 4.79 Å². The Morgan fingerprint density at radius 2 is 1.61 bits per heavy atom. The van der Waals surface area contributed by atoms with Gasteiger partial charge in [0.1, 0.15) is 5.76 Å². The number of carbonyl (C=O) groups is 1.